The zero-order valence-corrected chi connectivity index (χ0v) is 23.8. The molecule has 38 heavy (non-hydrogen) atoms. The van der Waals surface area contributed by atoms with Gasteiger partial charge in [-0.2, -0.15) is 9.61 Å². The Hall–Kier alpha value is -2.77. The maximum absolute atomic E-state index is 6.52. The summed E-state index contributed by atoms with van der Waals surface area (Å²) in [4.78, 5) is 14.7. The molecule has 8 heteroatoms. The molecule has 2 fully saturated rings. The molecule has 0 radical (unpaired) electrons. The summed E-state index contributed by atoms with van der Waals surface area (Å²) >= 11 is 6.52. The van der Waals surface area contributed by atoms with Gasteiger partial charge in [0.25, 0.3) is 0 Å². The van der Waals surface area contributed by atoms with Gasteiger partial charge in [0.2, 0.25) is 0 Å². The fourth-order valence-electron chi connectivity index (χ4n) is 6.28. The van der Waals surface area contributed by atoms with Gasteiger partial charge in [-0.1, -0.05) is 31.2 Å². The minimum absolute atomic E-state index is 0.175. The second-order valence-corrected chi connectivity index (χ2v) is 12.0. The number of aromatic nitrogens is 3. The van der Waals surface area contributed by atoms with E-state index in [1.54, 1.807) is 0 Å². The van der Waals surface area contributed by atoms with Crippen LogP contribution in [0.15, 0.2) is 36.9 Å². The number of anilines is 2. The number of fused-ring (bicyclic) bond motifs is 4. The summed E-state index contributed by atoms with van der Waals surface area (Å²) in [5.41, 5.74) is 5.57. The van der Waals surface area contributed by atoms with Crippen molar-refractivity contribution in [3.8, 4) is 0 Å². The molecule has 0 N–H and O–H groups in total. The Balaban J connectivity index is 1.45. The Bertz CT molecular complexity index is 1330. The molecule has 1 unspecified atom stereocenters. The van der Waals surface area contributed by atoms with E-state index in [1.165, 1.54) is 17.5 Å². The number of nitrogens with zero attached hydrogens (tertiary/aromatic N) is 7. The van der Waals surface area contributed by atoms with Crippen LogP contribution < -0.4 is 9.80 Å². The third-order valence-corrected chi connectivity index (χ3v) is 8.80. The van der Waals surface area contributed by atoms with Gasteiger partial charge in [-0.05, 0) is 69.3 Å². The van der Waals surface area contributed by atoms with Crippen molar-refractivity contribution in [1.29, 1.82) is 0 Å². The van der Waals surface area contributed by atoms with Crippen LogP contribution in [0.4, 0.5) is 11.6 Å². The molecule has 0 spiro atoms. The largest absolute Gasteiger partial charge is 0.363 e. The number of aryl methyl sites for hydroxylation is 1. The minimum atomic E-state index is 0.175. The van der Waals surface area contributed by atoms with Crippen LogP contribution in [0.5, 0.6) is 0 Å². The molecule has 202 valence electrons. The molecular weight excluding hydrogens is 494 g/mol. The van der Waals surface area contributed by atoms with Crippen molar-refractivity contribution in [2.75, 3.05) is 63.2 Å². The minimum Gasteiger partial charge on any atom is -0.363 e. The van der Waals surface area contributed by atoms with E-state index in [1.807, 2.05) is 6.07 Å². The van der Waals surface area contributed by atoms with Crippen molar-refractivity contribution in [3.05, 3.63) is 58.8 Å². The molecule has 0 amide bonds. The summed E-state index contributed by atoms with van der Waals surface area (Å²) in [6, 6.07) is 10.9. The summed E-state index contributed by atoms with van der Waals surface area (Å²) in [7, 11) is 4.41. The Morgan fingerprint density at radius 2 is 1.82 bits per heavy atom. The predicted octanol–water partition coefficient (Wildman–Crippen LogP) is 5.35. The highest BCUT2D eigenvalue weighted by Gasteiger charge is 2.30. The van der Waals surface area contributed by atoms with Gasteiger partial charge in [0.1, 0.15) is 11.6 Å². The molecule has 2 bridgehead atoms. The molecule has 1 atom stereocenters. The van der Waals surface area contributed by atoms with Crippen LogP contribution in [0.2, 0.25) is 5.02 Å². The van der Waals surface area contributed by atoms with Crippen LogP contribution in [-0.2, 0) is 6.42 Å². The van der Waals surface area contributed by atoms with Crippen LogP contribution in [-0.4, -0.2) is 77.8 Å². The smallest absolute Gasteiger partial charge is 0.160 e. The van der Waals surface area contributed by atoms with E-state index in [-0.39, 0.29) is 6.04 Å². The summed E-state index contributed by atoms with van der Waals surface area (Å²) < 4.78 is 2.06. The van der Waals surface area contributed by atoms with E-state index in [0.717, 1.165) is 105 Å². The van der Waals surface area contributed by atoms with Crippen molar-refractivity contribution >= 4 is 34.6 Å². The molecule has 2 aromatic heterocycles. The lowest BCUT2D eigenvalue weighted by Crippen LogP contribution is -2.45. The van der Waals surface area contributed by atoms with E-state index < -0.39 is 0 Å². The third-order valence-electron chi connectivity index (χ3n) is 8.57. The molecule has 3 aliphatic heterocycles. The van der Waals surface area contributed by atoms with E-state index in [4.69, 9.17) is 21.7 Å². The number of hydrogen-bond donors (Lipinski definition) is 0. The van der Waals surface area contributed by atoms with Crippen molar-refractivity contribution in [2.24, 2.45) is 5.92 Å². The van der Waals surface area contributed by atoms with Crippen LogP contribution >= 0.6 is 11.6 Å². The summed E-state index contributed by atoms with van der Waals surface area (Å²) in [5.74, 6) is 2.88. The van der Waals surface area contributed by atoms with Gasteiger partial charge in [0.05, 0.1) is 11.7 Å². The van der Waals surface area contributed by atoms with Gasteiger partial charge in [-0.25, -0.2) is 4.98 Å². The number of rotatable bonds is 1. The van der Waals surface area contributed by atoms with Gasteiger partial charge >= 0.3 is 0 Å². The average Bonchev–Trinajstić information content (AvgIpc) is 3.33. The molecule has 3 aliphatic rings. The lowest BCUT2D eigenvalue weighted by Gasteiger charge is -2.38. The van der Waals surface area contributed by atoms with Gasteiger partial charge in [-0.3, -0.25) is 0 Å². The molecule has 2 saturated heterocycles. The fourth-order valence-corrected chi connectivity index (χ4v) is 6.46. The first-order valence-corrected chi connectivity index (χ1v) is 14.5. The molecule has 6 rings (SSSR count). The molecule has 1 aromatic carbocycles. The SMILES string of the molecule is C=C1c2cc(Cl)ccc2CCCN(C)CCN(C)c2cc(N3CC(C)C3)nc3cc(nn23)C2CCCCN12. The van der Waals surface area contributed by atoms with Crippen molar-refractivity contribution in [1.82, 2.24) is 24.4 Å². The summed E-state index contributed by atoms with van der Waals surface area (Å²) in [5, 5.41) is 5.98. The average molecular weight is 534 g/mol. The van der Waals surface area contributed by atoms with Gasteiger partial charge in [0, 0.05) is 68.2 Å². The van der Waals surface area contributed by atoms with Crippen LogP contribution in [0.25, 0.3) is 11.3 Å². The van der Waals surface area contributed by atoms with Gasteiger partial charge in [-0.15, -0.1) is 0 Å². The zero-order chi connectivity index (χ0) is 26.4. The van der Waals surface area contributed by atoms with E-state index in [9.17, 15) is 0 Å². The van der Waals surface area contributed by atoms with E-state index in [2.05, 4.69) is 76.0 Å². The number of piperidine rings is 1. The van der Waals surface area contributed by atoms with Crippen LogP contribution in [0.3, 0.4) is 0 Å². The molecule has 3 aromatic rings. The highest BCUT2D eigenvalue weighted by molar-refractivity contribution is 6.30. The topological polar surface area (TPSA) is 43.1 Å². The maximum atomic E-state index is 6.52. The fraction of sp³-hybridized carbons (Fsp3) is 0.533. The Kier molecular flexibility index (Phi) is 6.99. The Morgan fingerprint density at radius 3 is 2.63 bits per heavy atom. The Labute approximate surface area is 231 Å². The predicted molar refractivity (Wildman–Crippen MR) is 157 cm³/mol. The highest BCUT2D eigenvalue weighted by Crippen LogP contribution is 2.38. The lowest BCUT2D eigenvalue weighted by molar-refractivity contribution is 0.226. The normalized spacial score (nSPS) is 22.1. The van der Waals surface area contributed by atoms with Crippen molar-refractivity contribution in [3.63, 3.8) is 0 Å². The van der Waals surface area contributed by atoms with Crippen LogP contribution in [0.1, 0.15) is 55.5 Å². The second kappa shape index (κ2) is 10.4. The first-order valence-electron chi connectivity index (χ1n) is 14.2. The van der Waals surface area contributed by atoms with Gasteiger partial charge < -0.3 is 19.6 Å². The van der Waals surface area contributed by atoms with Crippen molar-refractivity contribution in [2.45, 2.75) is 45.1 Å². The first kappa shape index (κ1) is 25.5. The van der Waals surface area contributed by atoms with Crippen LogP contribution in [0, 0.1) is 5.92 Å². The second-order valence-electron chi connectivity index (χ2n) is 11.6. The number of hydrogen-bond acceptors (Lipinski definition) is 6. The molecular formula is C30H40ClN7. The third kappa shape index (κ3) is 4.87. The summed E-state index contributed by atoms with van der Waals surface area (Å²) in [6.07, 6.45) is 5.52. The summed E-state index contributed by atoms with van der Waals surface area (Å²) in [6.45, 7) is 13.0. The quantitative estimate of drug-likeness (QED) is 0.420. The monoisotopic (exact) mass is 533 g/mol. The van der Waals surface area contributed by atoms with Crippen molar-refractivity contribution < 1.29 is 0 Å². The Morgan fingerprint density at radius 1 is 0.974 bits per heavy atom. The lowest BCUT2D eigenvalue weighted by atomic mass is 9.94. The molecule has 0 saturated carbocycles. The number of halogens is 1. The molecule has 0 aliphatic carbocycles. The first-order chi connectivity index (χ1) is 18.4. The number of benzene rings is 1. The maximum Gasteiger partial charge on any atom is 0.160 e. The highest BCUT2D eigenvalue weighted by atomic mass is 35.5. The molecule has 7 nitrogen and oxygen atoms in total. The number of likely N-dealkylation sites (N-methyl/N-ethyl adjacent to an activating group) is 2. The molecule has 5 heterocycles. The van der Waals surface area contributed by atoms with E-state index in [0.29, 0.717) is 0 Å². The van der Waals surface area contributed by atoms with E-state index >= 15 is 0 Å². The zero-order valence-electron chi connectivity index (χ0n) is 23.0. The van der Waals surface area contributed by atoms with Gasteiger partial charge in [0.15, 0.2) is 5.65 Å². The standard InChI is InChI=1S/C30H40ClN7/c1-21-19-36(20-21)28-18-30-35(4)15-14-34(3)12-7-8-23-10-11-24(31)16-25(23)22(2)37-13-6-5-9-27(37)26-17-29(32-28)38(30)33-26/h10-11,16-18,21,27H,2,5-9,12-15,19-20H2,1,3-4H3.